The first kappa shape index (κ1) is 8.82. The Hall–Kier alpha value is -0.270. The van der Waals surface area contributed by atoms with Gasteiger partial charge in [0, 0.05) is 10.0 Å². The molecule has 0 atom stereocenters. The summed E-state index contributed by atoms with van der Waals surface area (Å²) < 4.78 is 12.6. The molecule has 11 heavy (non-hydrogen) atoms. The third-order valence-corrected chi connectivity index (χ3v) is 2.03. The van der Waals surface area contributed by atoms with E-state index in [-0.39, 0.29) is 0 Å². The Labute approximate surface area is 74.9 Å². The van der Waals surface area contributed by atoms with Gasteiger partial charge in [0.05, 0.1) is 0 Å². The summed E-state index contributed by atoms with van der Waals surface area (Å²) >= 11 is 11.3. The van der Waals surface area contributed by atoms with Crippen molar-refractivity contribution in [1.82, 2.24) is 0 Å². The fourth-order valence-corrected chi connectivity index (χ4v) is 1.46. The molecule has 0 N–H and O–H groups in total. The molecule has 1 rings (SSSR count). The second-order valence-electron chi connectivity index (χ2n) is 2.10. The molecule has 0 fully saturated rings. The molecule has 0 saturated heterocycles. The van der Waals surface area contributed by atoms with Crippen LogP contribution in [-0.2, 0) is 6.42 Å². The summed E-state index contributed by atoms with van der Waals surface area (Å²) in [5.74, 6) is -0.419. The Balaban J connectivity index is 3.25. The third kappa shape index (κ3) is 1.85. The molecule has 0 aliphatic carbocycles. The molecule has 0 unspecified atom stereocenters. The van der Waals surface area contributed by atoms with Gasteiger partial charge in [-0.3, -0.25) is 0 Å². The number of halogens is 3. The van der Waals surface area contributed by atoms with Gasteiger partial charge < -0.3 is 0 Å². The molecule has 0 heterocycles. The highest BCUT2D eigenvalue weighted by molar-refractivity contribution is 6.36. The molecule has 0 amide bonds. The number of hydrogen-bond donors (Lipinski definition) is 0. The minimum atomic E-state index is -0.419. The molecule has 0 nitrogen and oxygen atoms in total. The summed E-state index contributed by atoms with van der Waals surface area (Å²) in [5.41, 5.74) is 0.690. The standard InChI is InChI=1S/C8H6Cl2F/c1-2-6-7(9)3-5(11)4-8(6)10/h3-4H,1-2H2. The van der Waals surface area contributed by atoms with E-state index in [9.17, 15) is 4.39 Å². The highest BCUT2D eigenvalue weighted by Gasteiger charge is 2.05. The molecule has 1 aromatic rings. The number of benzene rings is 1. The van der Waals surface area contributed by atoms with Crippen LogP contribution in [0, 0.1) is 12.7 Å². The molecule has 0 aliphatic rings. The maximum Gasteiger partial charge on any atom is 0.126 e. The van der Waals surface area contributed by atoms with Crippen LogP contribution in [0.25, 0.3) is 0 Å². The zero-order valence-corrected chi connectivity index (χ0v) is 7.21. The lowest BCUT2D eigenvalue weighted by atomic mass is 10.2. The Kier molecular flexibility index (Phi) is 2.74. The Morgan fingerprint density at radius 3 is 2.09 bits per heavy atom. The summed E-state index contributed by atoms with van der Waals surface area (Å²) in [6.07, 6.45) is 0.470. The molecular weight excluding hydrogens is 186 g/mol. The average Bonchev–Trinajstić information content (AvgIpc) is 1.85. The van der Waals surface area contributed by atoms with Gasteiger partial charge in [0.25, 0.3) is 0 Å². The minimum absolute atomic E-state index is 0.338. The van der Waals surface area contributed by atoms with Gasteiger partial charge in [-0.1, -0.05) is 23.2 Å². The van der Waals surface area contributed by atoms with Crippen LogP contribution in [0.4, 0.5) is 4.39 Å². The van der Waals surface area contributed by atoms with Gasteiger partial charge in [-0.15, -0.1) is 0 Å². The first-order valence-corrected chi connectivity index (χ1v) is 3.83. The van der Waals surface area contributed by atoms with E-state index in [1.54, 1.807) is 0 Å². The second-order valence-corrected chi connectivity index (χ2v) is 2.91. The van der Waals surface area contributed by atoms with Gasteiger partial charge in [0.1, 0.15) is 5.82 Å². The first-order valence-electron chi connectivity index (χ1n) is 3.08. The Morgan fingerprint density at radius 2 is 1.73 bits per heavy atom. The monoisotopic (exact) mass is 191 g/mol. The van der Waals surface area contributed by atoms with E-state index in [0.29, 0.717) is 22.0 Å². The van der Waals surface area contributed by atoms with E-state index in [1.807, 2.05) is 0 Å². The normalized spacial score (nSPS) is 10.2. The van der Waals surface area contributed by atoms with Crippen LogP contribution in [0.1, 0.15) is 5.56 Å². The molecular formula is C8H6Cl2F. The van der Waals surface area contributed by atoms with Gasteiger partial charge in [-0.05, 0) is 31.0 Å². The van der Waals surface area contributed by atoms with Crippen LogP contribution in [-0.4, -0.2) is 0 Å². The molecule has 0 aliphatic heterocycles. The zero-order chi connectivity index (χ0) is 8.43. The summed E-state index contributed by atoms with van der Waals surface area (Å²) in [6.45, 7) is 3.62. The van der Waals surface area contributed by atoms with Crippen molar-refractivity contribution in [1.29, 1.82) is 0 Å². The topological polar surface area (TPSA) is 0 Å². The summed E-state index contributed by atoms with van der Waals surface area (Å²) in [7, 11) is 0. The zero-order valence-electron chi connectivity index (χ0n) is 5.70. The van der Waals surface area contributed by atoms with Crippen LogP contribution in [0.5, 0.6) is 0 Å². The van der Waals surface area contributed by atoms with Crippen molar-refractivity contribution in [3.63, 3.8) is 0 Å². The highest BCUT2D eigenvalue weighted by Crippen LogP contribution is 2.25. The first-order chi connectivity index (χ1) is 5.15. The van der Waals surface area contributed by atoms with Crippen LogP contribution in [0.15, 0.2) is 12.1 Å². The molecule has 3 heteroatoms. The summed E-state index contributed by atoms with van der Waals surface area (Å²) in [4.78, 5) is 0. The number of rotatable bonds is 1. The quantitative estimate of drug-likeness (QED) is 0.638. The third-order valence-electron chi connectivity index (χ3n) is 1.36. The average molecular weight is 192 g/mol. The molecule has 0 spiro atoms. The van der Waals surface area contributed by atoms with Crippen molar-refractivity contribution in [2.24, 2.45) is 0 Å². The largest absolute Gasteiger partial charge is 0.207 e. The predicted octanol–water partition coefficient (Wildman–Crippen LogP) is 3.51. The Bertz CT molecular complexity index is 248. The summed E-state index contributed by atoms with van der Waals surface area (Å²) in [6, 6.07) is 2.46. The van der Waals surface area contributed by atoms with Gasteiger partial charge in [0.15, 0.2) is 0 Å². The fourth-order valence-electron chi connectivity index (χ4n) is 0.811. The molecule has 59 valence electrons. The van der Waals surface area contributed by atoms with E-state index in [1.165, 1.54) is 12.1 Å². The molecule has 0 aromatic heterocycles. The van der Waals surface area contributed by atoms with Gasteiger partial charge >= 0.3 is 0 Å². The fraction of sp³-hybridized carbons (Fsp3) is 0.125. The van der Waals surface area contributed by atoms with E-state index >= 15 is 0 Å². The van der Waals surface area contributed by atoms with Gasteiger partial charge in [0.2, 0.25) is 0 Å². The number of hydrogen-bond acceptors (Lipinski definition) is 0. The predicted molar refractivity (Wildman–Crippen MR) is 45.5 cm³/mol. The van der Waals surface area contributed by atoms with Crippen LogP contribution in [0.2, 0.25) is 10.0 Å². The molecule has 0 bridgehead atoms. The van der Waals surface area contributed by atoms with E-state index in [2.05, 4.69) is 6.92 Å². The molecule has 1 radical (unpaired) electrons. The second kappa shape index (κ2) is 3.42. The van der Waals surface area contributed by atoms with Crippen molar-refractivity contribution in [3.05, 3.63) is 40.5 Å². The van der Waals surface area contributed by atoms with E-state index in [0.717, 1.165) is 0 Å². The summed E-state index contributed by atoms with van der Waals surface area (Å²) in [5, 5.41) is 0.676. The van der Waals surface area contributed by atoms with Crippen LogP contribution in [0.3, 0.4) is 0 Å². The van der Waals surface area contributed by atoms with Crippen molar-refractivity contribution in [2.75, 3.05) is 0 Å². The lowest BCUT2D eigenvalue weighted by molar-refractivity contribution is 0.627. The highest BCUT2D eigenvalue weighted by atomic mass is 35.5. The lowest BCUT2D eigenvalue weighted by Gasteiger charge is -2.02. The molecule has 0 saturated carbocycles. The van der Waals surface area contributed by atoms with Crippen molar-refractivity contribution in [2.45, 2.75) is 6.42 Å². The van der Waals surface area contributed by atoms with Gasteiger partial charge in [-0.2, -0.15) is 0 Å². The Morgan fingerprint density at radius 1 is 1.27 bits per heavy atom. The van der Waals surface area contributed by atoms with E-state index < -0.39 is 5.82 Å². The van der Waals surface area contributed by atoms with Crippen molar-refractivity contribution >= 4 is 23.2 Å². The molecule has 1 aromatic carbocycles. The van der Waals surface area contributed by atoms with Gasteiger partial charge in [-0.25, -0.2) is 4.39 Å². The van der Waals surface area contributed by atoms with E-state index in [4.69, 9.17) is 23.2 Å². The van der Waals surface area contributed by atoms with Crippen LogP contribution < -0.4 is 0 Å². The van der Waals surface area contributed by atoms with Crippen molar-refractivity contribution in [3.8, 4) is 0 Å². The smallest absolute Gasteiger partial charge is 0.126 e. The maximum atomic E-state index is 12.6. The van der Waals surface area contributed by atoms with Crippen LogP contribution >= 0.6 is 23.2 Å². The van der Waals surface area contributed by atoms with Crippen molar-refractivity contribution < 1.29 is 4.39 Å². The lowest BCUT2D eigenvalue weighted by Crippen LogP contribution is -1.86. The minimum Gasteiger partial charge on any atom is -0.207 e. The maximum absolute atomic E-state index is 12.6. The SMILES string of the molecule is [CH2]Cc1c(Cl)cc(F)cc1Cl.